The third-order valence-electron chi connectivity index (χ3n) is 12.8. The van der Waals surface area contributed by atoms with Gasteiger partial charge in [0.25, 0.3) is 0 Å². The molecule has 2 saturated carbocycles. The van der Waals surface area contributed by atoms with Crippen LogP contribution in [-0.4, -0.2) is 73.2 Å². The number of rotatable bonds is 16. The van der Waals surface area contributed by atoms with Crippen molar-refractivity contribution in [2.24, 2.45) is 0 Å². The first kappa shape index (κ1) is 42.3. The minimum absolute atomic E-state index is 0.00874. The van der Waals surface area contributed by atoms with Gasteiger partial charge in [0.2, 0.25) is 11.8 Å². The number of aromatic nitrogens is 4. The van der Waals surface area contributed by atoms with E-state index in [0.29, 0.717) is 69.0 Å². The number of nitrogens with one attached hydrogen (secondary N) is 4. The van der Waals surface area contributed by atoms with Gasteiger partial charge in [-0.15, -0.1) is 0 Å². The number of hydrogen-bond acceptors (Lipinski definition) is 8. The average molecular weight is 899 g/mol. The fourth-order valence-electron chi connectivity index (χ4n) is 9.10. The Balaban J connectivity index is 0.879. The first-order chi connectivity index (χ1) is 29.0. The molecule has 2 fully saturated rings. The minimum Gasteiger partial charge on any atom is -0.495 e. The molecule has 8 rings (SSSR count). The van der Waals surface area contributed by atoms with Gasteiger partial charge in [0, 0.05) is 64.6 Å². The van der Waals surface area contributed by atoms with Gasteiger partial charge in [-0.1, -0.05) is 53.0 Å². The summed E-state index contributed by atoms with van der Waals surface area (Å²) in [4.78, 5) is 24.9. The summed E-state index contributed by atoms with van der Waals surface area (Å²) in [5, 5.41) is 24.0. The van der Waals surface area contributed by atoms with Crippen LogP contribution in [0.4, 0.5) is 0 Å². The fourth-order valence-corrected chi connectivity index (χ4v) is 10.7. The maximum absolute atomic E-state index is 13.1. The number of aromatic amines is 2. The van der Waals surface area contributed by atoms with Gasteiger partial charge < -0.3 is 29.6 Å². The van der Waals surface area contributed by atoms with E-state index >= 15 is 0 Å². The van der Waals surface area contributed by atoms with Crippen LogP contribution in [-0.2, 0) is 46.1 Å². The molecule has 4 aliphatic carbocycles. The maximum Gasteiger partial charge on any atom is 0.243 e. The molecule has 16 heteroatoms. The molecule has 2 heterocycles. The standard InChI is InChI=1S/C44H48Cl4N6O6/c1-5-33(55)49-21-43(12-13-43)41-25-11-9-24(18-28(25)52-53-41)36-39(47)31(59-4)20-32(40(36)48)60-16-6-7-34(56)50-22-44(14-15-44)42-26-10-8-23(17-27(26)51-54-42)35-37(45)29(57-2)19-30(58-3)38(35)46/h5-7,19-20,23-24H,1,8-18,21-22H2,2-4H3,(H,49,55)(H,50,56)(H,51,54)(H,52,53)/b7-6+/t23-,24+/m1/s1. The van der Waals surface area contributed by atoms with Gasteiger partial charge in [0.05, 0.1) is 52.8 Å². The molecule has 0 saturated heterocycles. The third-order valence-corrected chi connectivity index (χ3v) is 14.4. The van der Waals surface area contributed by atoms with Crippen molar-refractivity contribution >= 4 is 58.2 Å². The monoisotopic (exact) mass is 896 g/mol. The zero-order chi connectivity index (χ0) is 42.3. The van der Waals surface area contributed by atoms with E-state index in [1.54, 1.807) is 39.5 Å². The number of carbonyl (C=O) groups excluding carboxylic acids is 2. The van der Waals surface area contributed by atoms with E-state index < -0.39 is 0 Å². The summed E-state index contributed by atoms with van der Waals surface area (Å²) in [6.07, 6.45) is 12.8. The number of H-pyrrole nitrogens is 2. The van der Waals surface area contributed by atoms with Crippen molar-refractivity contribution < 1.29 is 28.5 Å². The molecule has 0 unspecified atom stereocenters. The van der Waals surface area contributed by atoms with E-state index in [9.17, 15) is 9.59 Å². The van der Waals surface area contributed by atoms with E-state index in [4.69, 9.17) is 75.5 Å². The Bertz CT molecular complexity index is 2340. The highest BCUT2D eigenvalue weighted by Gasteiger charge is 2.50. The first-order valence-corrected chi connectivity index (χ1v) is 21.7. The maximum atomic E-state index is 13.1. The smallest absolute Gasteiger partial charge is 0.243 e. The lowest BCUT2D eigenvalue weighted by atomic mass is 9.80. The number of benzene rings is 2. The Morgan fingerprint density at radius 3 is 1.60 bits per heavy atom. The van der Waals surface area contributed by atoms with E-state index in [1.807, 2.05) is 0 Å². The molecule has 0 radical (unpaired) electrons. The van der Waals surface area contributed by atoms with Crippen LogP contribution in [0, 0.1) is 0 Å². The number of amides is 2. The molecule has 4 N–H and O–H groups in total. The van der Waals surface area contributed by atoms with Gasteiger partial charge >= 0.3 is 0 Å². The molecule has 60 heavy (non-hydrogen) atoms. The van der Waals surface area contributed by atoms with Gasteiger partial charge in [-0.05, 0) is 99.3 Å². The molecule has 4 aromatic rings. The van der Waals surface area contributed by atoms with Crippen LogP contribution in [0.2, 0.25) is 20.1 Å². The van der Waals surface area contributed by atoms with Gasteiger partial charge in [-0.2, -0.15) is 10.2 Å². The molecule has 2 aromatic heterocycles. The predicted molar refractivity (Wildman–Crippen MR) is 232 cm³/mol. The zero-order valence-corrected chi connectivity index (χ0v) is 36.8. The fraction of sp³-hybridized carbons (Fsp3) is 0.455. The van der Waals surface area contributed by atoms with Gasteiger partial charge in [0.1, 0.15) is 29.6 Å². The second-order valence-corrected chi connectivity index (χ2v) is 17.8. The molecule has 2 amide bonds. The molecule has 12 nitrogen and oxygen atoms in total. The number of hydrogen-bond donors (Lipinski definition) is 4. The highest BCUT2D eigenvalue weighted by atomic mass is 35.5. The van der Waals surface area contributed by atoms with Crippen LogP contribution in [0.3, 0.4) is 0 Å². The summed E-state index contributed by atoms with van der Waals surface area (Å²) in [5.74, 6) is 1.57. The summed E-state index contributed by atoms with van der Waals surface area (Å²) in [5.41, 5.74) is 7.80. The van der Waals surface area contributed by atoms with E-state index in [-0.39, 0.29) is 41.1 Å². The lowest BCUT2D eigenvalue weighted by Crippen LogP contribution is -2.32. The molecule has 0 aliphatic heterocycles. The Hall–Kier alpha value is -4.36. The second-order valence-electron chi connectivity index (χ2n) is 16.3. The van der Waals surface area contributed by atoms with Crippen molar-refractivity contribution in [3.05, 3.63) is 102 Å². The first-order valence-electron chi connectivity index (χ1n) is 20.2. The molecule has 2 aromatic carbocycles. The van der Waals surface area contributed by atoms with Crippen LogP contribution in [0.15, 0.2) is 36.9 Å². The van der Waals surface area contributed by atoms with Crippen molar-refractivity contribution in [1.29, 1.82) is 0 Å². The predicted octanol–water partition coefficient (Wildman–Crippen LogP) is 8.43. The number of fused-ring (bicyclic) bond motifs is 2. The zero-order valence-electron chi connectivity index (χ0n) is 33.8. The Morgan fingerprint density at radius 2 is 1.17 bits per heavy atom. The summed E-state index contributed by atoms with van der Waals surface area (Å²) >= 11 is 27.5. The van der Waals surface area contributed by atoms with E-state index in [0.717, 1.165) is 85.3 Å². The summed E-state index contributed by atoms with van der Waals surface area (Å²) in [6, 6.07) is 3.39. The Morgan fingerprint density at radius 1 is 0.733 bits per heavy atom. The second kappa shape index (κ2) is 17.2. The topological polar surface area (TPSA) is 152 Å². The van der Waals surface area contributed by atoms with Crippen LogP contribution >= 0.6 is 46.4 Å². The summed E-state index contributed by atoms with van der Waals surface area (Å²) in [6.45, 7) is 4.67. The van der Waals surface area contributed by atoms with Crippen molar-refractivity contribution in [3.63, 3.8) is 0 Å². The number of carbonyl (C=O) groups is 2. The normalized spacial score (nSPS) is 19.5. The van der Waals surface area contributed by atoms with Crippen molar-refractivity contribution in [1.82, 2.24) is 31.0 Å². The summed E-state index contributed by atoms with van der Waals surface area (Å²) in [7, 11) is 4.71. The molecule has 2 atom stereocenters. The molecular weight excluding hydrogens is 850 g/mol. The lowest BCUT2D eigenvalue weighted by Gasteiger charge is -2.27. The van der Waals surface area contributed by atoms with Crippen LogP contribution < -0.4 is 29.6 Å². The molecule has 4 aliphatic rings. The Labute approximate surface area is 369 Å². The highest BCUT2D eigenvalue weighted by molar-refractivity contribution is 6.38. The number of nitrogens with zero attached hydrogens (tertiary/aromatic N) is 2. The quantitative estimate of drug-likeness (QED) is 0.0819. The van der Waals surface area contributed by atoms with Gasteiger partial charge in [-0.25, -0.2) is 0 Å². The largest absolute Gasteiger partial charge is 0.495 e. The molecular formula is C44H48Cl4N6O6. The number of halogens is 4. The number of ether oxygens (including phenoxy) is 4. The lowest BCUT2D eigenvalue weighted by molar-refractivity contribution is -0.117. The van der Waals surface area contributed by atoms with E-state index in [1.165, 1.54) is 23.3 Å². The Kier molecular flexibility index (Phi) is 12.1. The third kappa shape index (κ3) is 7.96. The highest BCUT2D eigenvalue weighted by Crippen LogP contribution is 2.54. The molecule has 0 bridgehead atoms. The van der Waals surface area contributed by atoms with Crippen molar-refractivity contribution in [3.8, 4) is 23.0 Å². The van der Waals surface area contributed by atoms with Crippen molar-refractivity contribution in [2.45, 2.75) is 86.9 Å². The SMILES string of the molecule is C=CC(=O)NCC1(c2n[nH]c3c2CC[C@H](c2c(Cl)c(OC)cc(OC/C=C/C(=O)NCC4(c5n[nH]c6c5CC[C@@H](c5c(Cl)c(OC)cc(OC)c5Cl)C6)CC4)c2Cl)C3)CC1. The molecule has 318 valence electrons. The average Bonchev–Trinajstić information content (AvgIpc) is 4.14. The minimum atomic E-state index is -0.223. The van der Waals surface area contributed by atoms with Crippen LogP contribution in [0.5, 0.6) is 23.0 Å². The summed E-state index contributed by atoms with van der Waals surface area (Å²) < 4.78 is 22.8. The van der Waals surface area contributed by atoms with Gasteiger partial charge in [0.15, 0.2) is 0 Å². The van der Waals surface area contributed by atoms with Crippen LogP contribution in [0.1, 0.15) is 95.4 Å². The van der Waals surface area contributed by atoms with E-state index in [2.05, 4.69) is 27.4 Å². The van der Waals surface area contributed by atoms with Crippen molar-refractivity contribution in [2.75, 3.05) is 41.0 Å². The number of methoxy groups -OCH3 is 3. The van der Waals surface area contributed by atoms with Crippen LogP contribution in [0.25, 0.3) is 0 Å². The molecule has 0 spiro atoms. The van der Waals surface area contributed by atoms with Gasteiger partial charge in [-0.3, -0.25) is 19.8 Å².